The molecule has 1 unspecified atom stereocenters. The monoisotopic (exact) mass is 373 g/mol. The highest BCUT2D eigenvalue weighted by Gasteiger charge is 2.29. The third kappa shape index (κ3) is 5.89. The molecule has 0 heterocycles. The Morgan fingerprint density at radius 2 is 1.48 bits per heavy atom. The topological polar surface area (TPSA) is 127 Å². The van der Waals surface area contributed by atoms with Gasteiger partial charge in [0.15, 0.2) is 12.2 Å². The molecule has 144 valence electrons. The average Bonchev–Trinajstić information content (AvgIpc) is 3.09. The minimum Gasteiger partial charge on any atom is -0.479 e. The van der Waals surface area contributed by atoms with Crippen LogP contribution in [0.1, 0.15) is 29.2 Å². The molecule has 0 spiro atoms. The first-order chi connectivity index (χ1) is 12.9. The zero-order chi connectivity index (χ0) is 19.8. The van der Waals surface area contributed by atoms with Crippen molar-refractivity contribution >= 4 is 11.9 Å². The van der Waals surface area contributed by atoms with Crippen molar-refractivity contribution in [3.8, 4) is 0 Å². The average molecular weight is 373 g/mol. The molecule has 0 saturated heterocycles. The van der Waals surface area contributed by atoms with Crippen molar-refractivity contribution in [2.45, 2.75) is 37.6 Å². The number of hydrogen-bond acceptors (Lipinski definition) is 5. The number of fused-ring (bicyclic) bond motifs is 1. The summed E-state index contributed by atoms with van der Waals surface area (Å²) in [6.45, 7) is 0.958. The number of aryl methyl sites for hydroxylation is 1. The summed E-state index contributed by atoms with van der Waals surface area (Å²) in [5.74, 6) is -3.54. The number of aliphatic hydroxyl groups excluding tert-OH is 2. The molecule has 5 N–H and O–H groups in total. The van der Waals surface area contributed by atoms with Gasteiger partial charge in [-0.25, -0.2) is 9.59 Å². The standard InChI is InChI=1S/C16H17N.C4H6O6/c1-2-6-13(7-3-1)12-17-16-11-10-14-8-4-5-9-15(14)16;5-1(3(7)8)2(6)4(9)10/h1-9,16-17H,10-12H2;1-2,5-6H,(H,7,8)(H,9,10)/t;1-,2-/m.1/s1. The fraction of sp³-hybridized carbons (Fsp3) is 0.300. The van der Waals surface area contributed by atoms with Crippen molar-refractivity contribution in [3.63, 3.8) is 0 Å². The van der Waals surface area contributed by atoms with Crippen molar-refractivity contribution in [2.24, 2.45) is 0 Å². The largest absolute Gasteiger partial charge is 0.479 e. The van der Waals surface area contributed by atoms with Crippen LogP contribution < -0.4 is 5.32 Å². The van der Waals surface area contributed by atoms with E-state index in [0.717, 1.165) is 6.54 Å². The Balaban J connectivity index is 0.000000227. The lowest BCUT2D eigenvalue weighted by Gasteiger charge is -2.13. The van der Waals surface area contributed by atoms with Crippen LogP contribution in [0.5, 0.6) is 0 Å². The van der Waals surface area contributed by atoms with Crippen LogP contribution in [0.25, 0.3) is 0 Å². The Morgan fingerprint density at radius 1 is 0.926 bits per heavy atom. The number of carbonyl (C=O) groups is 2. The second-order valence-corrected chi connectivity index (χ2v) is 6.22. The van der Waals surface area contributed by atoms with E-state index in [1.807, 2.05) is 0 Å². The second kappa shape index (κ2) is 9.82. The number of hydrogen-bond donors (Lipinski definition) is 5. The van der Waals surface area contributed by atoms with Crippen LogP contribution in [0.2, 0.25) is 0 Å². The van der Waals surface area contributed by atoms with E-state index < -0.39 is 24.1 Å². The number of aliphatic hydroxyl groups is 2. The Kier molecular flexibility index (Phi) is 7.48. The molecule has 7 heteroatoms. The third-order valence-electron chi connectivity index (χ3n) is 4.33. The second-order valence-electron chi connectivity index (χ2n) is 6.22. The minimum absolute atomic E-state index is 0.534. The fourth-order valence-electron chi connectivity index (χ4n) is 2.88. The van der Waals surface area contributed by atoms with Gasteiger partial charge in [-0.3, -0.25) is 0 Å². The molecule has 0 fully saturated rings. The van der Waals surface area contributed by atoms with Crippen LogP contribution in [-0.2, 0) is 22.6 Å². The van der Waals surface area contributed by atoms with Crippen molar-refractivity contribution in [1.29, 1.82) is 0 Å². The van der Waals surface area contributed by atoms with E-state index in [9.17, 15) is 9.59 Å². The molecule has 1 aliphatic carbocycles. The summed E-state index contributed by atoms with van der Waals surface area (Å²) in [4.78, 5) is 19.5. The Labute approximate surface area is 156 Å². The number of carboxylic acid groups (broad SMARTS) is 2. The van der Waals surface area contributed by atoms with E-state index >= 15 is 0 Å². The predicted molar refractivity (Wildman–Crippen MR) is 98.1 cm³/mol. The van der Waals surface area contributed by atoms with E-state index in [4.69, 9.17) is 20.4 Å². The molecule has 2 aromatic rings. The van der Waals surface area contributed by atoms with E-state index in [0.29, 0.717) is 6.04 Å². The molecule has 0 amide bonds. The fourth-order valence-corrected chi connectivity index (χ4v) is 2.88. The molecule has 3 rings (SSSR count). The van der Waals surface area contributed by atoms with Crippen LogP contribution in [-0.4, -0.2) is 44.6 Å². The third-order valence-corrected chi connectivity index (χ3v) is 4.33. The molecular weight excluding hydrogens is 350 g/mol. The van der Waals surface area contributed by atoms with Gasteiger partial charge in [0, 0.05) is 12.6 Å². The van der Waals surface area contributed by atoms with Gasteiger partial charge >= 0.3 is 11.9 Å². The molecule has 0 aromatic heterocycles. The first kappa shape index (κ1) is 20.6. The normalized spacial score (nSPS) is 17.2. The van der Waals surface area contributed by atoms with Crippen LogP contribution in [0.15, 0.2) is 54.6 Å². The van der Waals surface area contributed by atoms with Crippen molar-refractivity contribution < 1.29 is 30.0 Å². The van der Waals surface area contributed by atoms with E-state index in [-0.39, 0.29) is 0 Å². The van der Waals surface area contributed by atoms with Gasteiger partial charge in [-0.2, -0.15) is 0 Å². The van der Waals surface area contributed by atoms with E-state index in [2.05, 4.69) is 59.9 Å². The molecule has 0 bridgehead atoms. The van der Waals surface area contributed by atoms with Gasteiger partial charge in [-0.1, -0.05) is 54.6 Å². The first-order valence-corrected chi connectivity index (χ1v) is 8.57. The Hall–Kier alpha value is -2.74. The van der Waals surface area contributed by atoms with Crippen molar-refractivity contribution in [3.05, 3.63) is 71.3 Å². The lowest BCUT2D eigenvalue weighted by Crippen LogP contribution is -2.39. The zero-order valence-electron chi connectivity index (χ0n) is 14.7. The van der Waals surface area contributed by atoms with Gasteiger partial charge in [-0.15, -0.1) is 0 Å². The summed E-state index contributed by atoms with van der Waals surface area (Å²) < 4.78 is 0. The van der Waals surface area contributed by atoms with E-state index in [1.54, 1.807) is 0 Å². The van der Waals surface area contributed by atoms with Crippen LogP contribution >= 0.6 is 0 Å². The molecule has 27 heavy (non-hydrogen) atoms. The van der Waals surface area contributed by atoms with E-state index in [1.165, 1.54) is 29.5 Å². The smallest absolute Gasteiger partial charge is 0.335 e. The van der Waals surface area contributed by atoms with Gasteiger partial charge in [0.1, 0.15) is 0 Å². The lowest BCUT2D eigenvalue weighted by atomic mass is 10.1. The highest BCUT2D eigenvalue weighted by atomic mass is 16.4. The van der Waals surface area contributed by atoms with Crippen LogP contribution in [0.3, 0.4) is 0 Å². The molecule has 7 nitrogen and oxygen atoms in total. The minimum atomic E-state index is -2.27. The quantitative estimate of drug-likeness (QED) is 0.517. The SMILES string of the molecule is O=C(O)[C@H](O)[C@@H](O)C(=O)O.c1ccc(CNC2CCc3ccccc32)cc1. The molecule has 0 aliphatic heterocycles. The zero-order valence-corrected chi connectivity index (χ0v) is 14.7. The number of rotatable bonds is 6. The summed E-state index contributed by atoms with van der Waals surface area (Å²) in [6, 6.07) is 19.9. The molecule has 2 aromatic carbocycles. The lowest BCUT2D eigenvalue weighted by molar-refractivity contribution is -0.165. The maximum atomic E-state index is 9.77. The Morgan fingerprint density at radius 3 is 2.07 bits per heavy atom. The number of benzene rings is 2. The van der Waals surface area contributed by atoms with Crippen molar-refractivity contribution in [1.82, 2.24) is 5.32 Å². The molecule has 0 radical (unpaired) electrons. The number of carboxylic acids is 2. The number of nitrogens with one attached hydrogen (secondary N) is 1. The maximum Gasteiger partial charge on any atom is 0.335 e. The van der Waals surface area contributed by atoms with Gasteiger partial charge in [0.05, 0.1) is 0 Å². The van der Waals surface area contributed by atoms with Crippen LogP contribution in [0, 0.1) is 0 Å². The summed E-state index contributed by atoms with van der Waals surface area (Å²) in [7, 11) is 0. The van der Waals surface area contributed by atoms with Crippen molar-refractivity contribution in [2.75, 3.05) is 0 Å². The molecule has 1 aliphatic rings. The number of aliphatic carboxylic acids is 2. The summed E-state index contributed by atoms with van der Waals surface area (Å²) in [6.07, 6.45) is -2.09. The summed E-state index contributed by atoms with van der Waals surface area (Å²) in [5, 5.41) is 36.2. The van der Waals surface area contributed by atoms with Gasteiger partial charge in [-0.05, 0) is 29.5 Å². The van der Waals surface area contributed by atoms with Gasteiger partial charge in [0.2, 0.25) is 0 Å². The van der Waals surface area contributed by atoms with Crippen LogP contribution in [0.4, 0.5) is 0 Å². The first-order valence-electron chi connectivity index (χ1n) is 8.57. The highest BCUT2D eigenvalue weighted by molar-refractivity contribution is 5.83. The van der Waals surface area contributed by atoms with Gasteiger partial charge in [0.25, 0.3) is 0 Å². The predicted octanol–water partition coefficient (Wildman–Crippen LogP) is 1.34. The Bertz CT molecular complexity index is 746. The molecule has 3 atom stereocenters. The maximum absolute atomic E-state index is 9.77. The highest BCUT2D eigenvalue weighted by Crippen LogP contribution is 2.30. The van der Waals surface area contributed by atoms with Gasteiger partial charge < -0.3 is 25.7 Å². The molecular formula is C20H23NO6. The summed E-state index contributed by atoms with van der Waals surface area (Å²) in [5.41, 5.74) is 4.36. The molecule has 0 saturated carbocycles. The summed E-state index contributed by atoms with van der Waals surface area (Å²) >= 11 is 0.